The van der Waals surface area contributed by atoms with Gasteiger partial charge in [0.05, 0.1) is 4.90 Å². The van der Waals surface area contributed by atoms with Crippen LogP contribution in [0.3, 0.4) is 0 Å². The van der Waals surface area contributed by atoms with E-state index in [0.717, 1.165) is 12.1 Å². The van der Waals surface area contributed by atoms with Crippen LogP contribution >= 0.6 is 11.6 Å². The molecule has 1 aromatic carbocycles. The van der Waals surface area contributed by atoms with Crippen LogP contribution in [0.2, 0.25) is 0 Å². The summed E-state index contributed by atoms with van der Waals surface area (Å²) in [4.78, 5) is -0.496. The molecule has 1 rings (SSSR count). The van der Waals surface area contributed by atoms with E-state index in [1.807, 2.05) is 0 Å². The second-order valence-electron chi connectivity index (χ2n) is 4.38. The molecule has 0 bridgehead atoms. The normalized spacial score (nSPS) is 13.0. The Hall–Kier alpha value is -0.860. The van der Waals surface area contributed by atoms with E-state index in [2.05, 4.69) is 0 Å². The van der Waals surface area contributed by atoms with Crippen LogP contribution in [0.5, 0.6) is 0 Å². The fraction of sp³-hybridized carbons (Fsp3) is 0.500. The van der Waals surface area contributed by atoms with Crippen molar-refractivity contribution in [3.63, 3.8) is 0 Å². The quantitative estimate of drug-likeness (QED) is 0.604. The Bertz CT molecular complexity index is 616. The molecule has 0 amide bonds. The smallest absolute Gasteiger partial charge is 0.207 e. The van der Waals surface area contributed by atoms with Crippen LogP contribution in [0.15, 0.2) is 17.0 Å². The van der Waals surface area contributed by atoms with Gasteiger partial charge in [0.25, 0.3) is 0 Å². The number of nitrogens with zero attached hydrogens (tertiary/aromatic N) is 1. The summed E-state index contributed by atoms with van der Waals surface area (Å²) in [5.41, 5.74) is -0.0501. The molecule has 0 N–H and O–H groups in total. The molecular formula is C12H14ClF4NO2S. The highest BCUT2D eigenvalue weighted by atomic mass is 35.5. The van der Waals surface area contributed by atoms with E-state index in [0.29, 0.717) is 0 Å². The standard InChI is InChI=1S/C12H14ClF4NO2S/c1-3-18(7-12(15,16)17)21(19,20)11-5-9(6-13)4-10(14)8(11)2/h4-5H,3,6-7H2,1-2H3. The minimum Gasteiger partial charge on any atom is -0.207 e. The highest BCUT2D eigenvalue weighted by Gasteiger charge is 2.37. The predicted molar refractivity (Wildman–Crippen MR) is 71.2 cm³/mol. The molecule has 0 radical (unpaired) electrons. The molecule has 0 aliphatic carbocycles. The van der Waals surface area contributed by atoms with Crippen LogP contribution in [0, 0.1) is 12.7 Å². The molecule has 0 fully saturated rings. The lowest BCUT2D eigenvalue weighted by Crippen LogP contribution is -2.39. The maximum Gasteiger partial charge on any atom is 0.402 e. The second-order valence-corrected chi connectivity index (χ2v) is 6.55. The zero-order valence-electron chi connectivity index (χ0n) is 11.3. The van der Waals surface area contributed by atoms with Crippen LogP contribution in [-0.2, 0) is 15.9 Å². The first-order valence-electron chi connectivity index (χ1n) is 5.94. The third-order valence-electron chi connectivity index (χ3n) is 2.84. The first kappa shape index (κ1) is 18.2. The average Bonchev–Trinajstić information content (AvgIpc) is 2.37. The van der Waals surface area contributed by atoms with E-state index in [4.69, 9.17) is 11.6 Å². The Morgan fingerprint density at radius 3 is 2.29 bits per heavy atom. The molecule has 0 atom stereocenters. The Morgan fingerprint density at radius 2 is 1.86 bits per heavy atom. The molecule has 0 saturated heterocycles. The van der Waals surface area contributed by atoms with E-state index in [1.54, 1.807) is 0 Å². The van der Waals surface area contributed by atoms with Gasteiger partial charge in [-0.05, 0) is 24.6 Å². The Balaban J connectivity index is 3.38. The van der Waals surface area contributed by atoms with Gasteiger partial charge in [0.15, 0.2) is 0 Å². The molecule has 0 heterocycles. The minimum atomic E-state index is -4.68. The molecule has 21 heavy (non-hydrogen) atoms. The summed E-state index contributed by atoms with van der Waals surface area (Å²) in [6.45, 7) is 0.466. The molecule has 0 aromatic heterocycles. The summed E-state index contributed by atoms with van der Waals surface area (Å²) in [7, 11) is -4.46. The van der Waals surface area contributed by atoms with Crippen molar-refractivity contribution in [1.29, 1.82) is 0 Å². The van der Waals surface area contributed by atoms with Gasteiger partial charge in [-0.25, -0.2) is 12.8 Å². The van der Waals surface area contributed by atoms with Crippen molar-refractivity contribution in [1.82, 2.24) is 4.31 Å². The van der Waals surface area contributed by atoms with E-state index in [9.17, 15) is 26.0 Å². The van der Waals surface area contributed by atoms with Gasteiger partial charge in [-0.3, -0.25) is 0 Å². The highest BCUT2D eigenvalue weighted by molar-refractivity contribution is 7.89. The predicted octanol–water partition coefficient (Wildman–Crippen LogP) is 3.45. The third kappa shape index (κ3) is 4.31. The molecule has 0 spiro atoms. The minimum absolute atomic E-state index is 0.148. The van der Waals surface area contributed by atoms with Crippen LogP contribution < -0.4 is 0 Å². The van der Waals surface area contributed by atoms with Gasteiger partial charge in [0.1, 0.15) is 12.4 Å². The Labute approximate surface area is 125 Å². The lowest BCUT2D eigenvalue weighted by atomic mass is 10.1. The van der Waals surface area contributed by atoms with E-state index in [1.165, 1.54) is 13.8 Å². The summed E-state index contributed by atoms with van der Waals surface area (Å²) >= 11 is 5.54. The van der Waals surface area contributed by atoms with Gasteiger partial charge in [0.2, 0.25) is 10.0 Å². The van der Waals surface area contributed by atoms with Crippen LogP contribution in [0.25, 0.3) is 0 Å². The van der Waals surface area contributed by atoms with Crippen LogP contribution in [-0.4, -0.2) is 32.0 Å². The van der Waals surface area contributed by atoms with E-state index < -0.39 is 33.5 Å². The van der Waals surface area contributed by atoms with E-state index in [-0.39, 0.29) is 27.9 Å². The monoisotopic (exact) mass is 347 g/mol. The van der Waals surface area contributed by atoms with Gasteiger partial charge < -0.3 is 0 Å². The summed E-state index contributed by atoms with van der Waals surface area (Å²) in [6, 6.07) is 2.15. The van der Waals surface area contributed by atoms with Gasteiger partial charge in [-0.15, -0.1) is 11.6 Å². The van der Waals surface area contributed by atoms with Crippen molar-refractivity contribution in [3.05, 3.63) is 29.1 Å². The van der Waals surface area contributed by atoms with Crippen molar-refractivity contribution in [2.45, 2.75) is 30.8 Å². The van der Waals surface area contributed by atoms with Gasteiger partial charge in [0, 0.05) is 18.0 Å². The summed E-state index contributed by atoms with van der Waals surface area (Å²) < 4.78 is 75.9. The molecule has 9 heteroatoms. The summed E-state index contributed by atoms with van der Waals surface area (Å²) in [6.07, 6.45) is -4.68. The molecule has 0 unspecified atom stereocenters. The third-order valence-corrected chi connectivity index (χ3v) is 5.19. The summed E-state index contributed by atoms with van der Waals surface area (Å²) in [5, 5.41) is 0. The molecule has 3 nitrogen and oxygen atoms in total. The highest BCUT2D eigenvalue weighted by Crippen LogP contribution is 2.27. The summed E-state index contributed by atoms with van der Waals surface area (Å²) in [5.74, 6) is -0.972. The largest absolute Gasteiger partial charge is 0.402 e. The second kappa shape index (κ2) is 6.50. The number of sulfonamides is 1. The first-order chi connectivity index (χ1) is 9.52. The molecule has 0 aliphatic heterocycles. The fourth-order valence-electron chi connectivity index (χ4n) is 1.76. The Morgan fingerprint density at radius 1 is 1.29 bits per heavy atom. The molecule has 0 aliphatic rings. The van der Waals surface area contributed by atoms with Crippen LogP contribution in [0.4, 0.5) is 17.6 Å². The van der Waals surface area contributed by atoms with Crippen molar-refractivity contribution in [3.8, 4) is 0 Å². The number of benzene rings is 1. The van der Waals surface area contributed by atoms with Crippen molar-refractivity contribution in [2.75, 3.05) is 13.1 Å². The maximum atomic E-state index is 13.7. The van der Waals surface area contributed by atoms with Crippen molar-refractivity contribution >= 4 is 21.6 Å². The lowest BCUT2D eigenvalue weighted by Gasteiger charge is -2.23. The molecule has 0 saturated carbocycles. The van der Waals surface area contributed by atoms with Crippen LogP contribution in [0.1, 0.15) is 18.1 Å². The zero-order chi connectivity index (χ0) is 16.4. The Kier molecular flexibility index (Phi) is 5.63. The van der Waals surface area contributed by atoms with E-state index >= 15 is 0 Å². The number of hydrogen-bond donors (Lipinski definition) is 0. The van der Waals surface area contributed by atoms with Gasteiger partial charge >= 0.3 is 6.18 Å². The zero-order valence-corrected chi connectivity index (χ0v) is 12.9. The molecule has 1 aromatic rings. The lowest BCUT2D eigenvalue weighted by molar-refractivity contribution is -0.135. The number of rotatable bonds is 5. The fourth-order valence-corrected chi connectivity index (χ4v) is 3.63. The van der Waals surface area contributed by atoms with Gasteiger partial charge in [-0.1, -0.05) is 6.92 Å². The topological polar surface area (TPSA) is 37.4 Å². The SMILES string of the molecule is CCN(CC(F)(F)F)S(=O)(=O)c1cc(CCl)cc(F)c1C. The van der Waals surface area contributed by atoms with Gasteiger partial charge in [-0.2, -0.15) is 17.5 Å². The maximum absolute atomic E-state index is 13.7. The first-order valence-corrected chi connectivity index (χ1v) is 7.92. The average molecular weight is 348 g/mol. The number of alkyl halides is 4. The molecular weight excluding hydrogens is 334 g/mol. The number of hydrogen-bond acceptors (Lipinski definition) is 2. The number of halogens is 5. The molecule has 120 valence electrons. The van der Waals surface area contributed by atoms with Crippen molar-refractivity contribution < 1.29 is 26.0 Å². The van der Waals surface area contributed by atoms with Crippen molar-refractivity contribution in [2.24, 2.45) is 0 Å².